The second kappa shape index (κ2) is 7.22. The zero-order chi connectivity index (χ0) is 18.6. The summed E-state index contributed by atoms with van der Waals surface area (Å²) < 4.78 is 47.6. The molecule has 0 aliphatic heterocycles. The predicted octanol–water partition coefficient (Wildman–Crippen LogP) is 4.37. The molecule has 1 heterocycles. The van der Waals surface area contributed by atoms with Crippen molar-refractivity contribution in [2.75, 3.05) is 0 Å². The molecule has 0 aliphatic carbocycles. The van der Waals surface area contributed by atoms with Crippen molar-refractivity contribution in [2.45, 2.75) is 6.18 Å². The van der Waals surface area contributed by atoms with Gasteiger partial charge in [0.2, 0.25) is 12.3 Å². The lowest BCUT2D eigenvalue weighted by atomic mass is 10.1. The molecule has 1 aromatic heterocycles. The van der Waals surface area contributed by atoms with E-state index in [4.69, 9.17) is 9.15 Å². The lowest BCUT2D eigenvalue weighted by molar-refractivity contribution is -0.137. The summed E-state index contributed by atoms with van der Waals surface area (Å²) in [6.45, 7) is 0. The van der Waals surface area contributed by atoms with Crippen molar-refractivity contribution in [1.82, 2.24) is 10.2 Å². The molecule has 2 aromatic carbocycles. The van der Waals surface area contributed by atoms with E-state index in [1.807, 2.05) is 0 Å². The molecule has 5 nitrogen and oxygen atoms in total. The maximum Gasteiger partial charge on any atom is 0.416 e. The number of rotatable bonds is 4. The number of carbonyl (C=O) groups excluding carboxylic acids is 1. The van der Waals surface area contributed by atoms with Crippen molar-refractivity contribution < 1.29 is 27.1 Å². The molecule has 8 heteroatoms. The van der Waals surface area contributed by atoms with Gasteiger partial charge in [-0.3, -0.25) is 0 Å². The van der Waals surface area contributed by atoms with Crippen LogP contribution in [0.15, 0.2) is 65.4 Å². The van der Waals surface area contributed by atoms with Crippen LogP contribution in [-0.4, -0.2) is 16.2 Å². The monoisotopic (exact) mass is 360 g/mol. The molecule has 0 amide bonds. The topological polar surface area (TPSA) is 65.2 Å². The lowest BCUT2D eigenvalue weighted by Crippen LogP contribution is -2.04. The van der Waals surface area contributed by atoms with E-state index >= 15 is 0 Å². The largest absolute Gasteiger partial charge is 0.423 e. The molecule has 0 atom stereocenters. The van der Waals surface area contributed by atoms with Crippen LogP contribution >= 0.6 is 0 Å². The molecule has 26 heavy (non-hydrogen) atoms. The van der Waals surface area contributed by atoms with Crippen LogP contribution in [0, 0.1) is 0 Å². The summed E-state index contributed by atoms with van der Waals surface area (Å²) in [7, 11) is 0. The molecule has 0 saturated carbocycles. The van der Waals surface area contributed by atoms with Crippen LogP contribution < -0.4 is 4.74 Å². The van der Waals surface area contributed by atoms with Crippen molar-refractivity contribution in [1.29, 1.82) is 0 Å². The Kier molecular flexibility index (Phi) is 4.83. The quantitative estimate of drug-likeness (QED) is 0.393. The average Bonchev–Trinajstić information content (AvgIpc) is 3.15. The molecule has 0 bridgehead atoms. The smallest absolute Gasteiger partial charge is 0.416 e. The molecular formula is C18H11F3N2O3. The summed E-state index contributed by atoms with van der Waals surface area (Å²) in [5.41, 5.74) is 0.364. The maximum atomic E-state index is 12.5. The van der Waals surface area contributed by atoms with E-state index in [0.29, 0.717) is 22.8 Å². The maximum absolute atomic E-state index is 12.5. The lowest BCUT2D eigenvalue weighted by Gasteiger charge is -2.06. The van der Waals surface area contributed by atoms with Crippen LogP contribution in [0.4, 0.5) is 13.2 Å². The summed E-state index contributed by atoms with van der Waals surface area (Å²) in [6, 6.07) is 10.8. The first-order valence-corrected chi connectivity index (χ1v) is 7.35. The Balaban J connectivity index is 1.60. The number of alkyl halides is 3. The highest BCUT2D eigenvalue weighted by atomic mass is 19.4. The van der Waals surface area contributed by atoms with Crippen LogP contribution in [0.2, 0.25) is 0 Å². The zero-order valence-corrected chi connectivity index (χ0v) is 13.1. The average molecular weight is 360 g/mol. The Morgan fingerprint density at radius 1 is 1.04 bits per heavy atom. The first-order valence-electron chi connectivity index (χ1n) is 7.35. The normalized spacial score (nSPS) is 11.7. The SMILES string of the molecule is O=C(C=Cc1ccc(C(F)(F)F)cc1)Oc1ccc(-c2nnco2)cc1. The summed E-state index contributed by atoms with van der Waals surface area (Å²) >= 11 is 0. The second-order valence-corrected chi connectivity index (χ2v) is 5.14. The first kappa shape index (κ1) is 17.4. The van der Waals surface area contributed by atoms with Crippen molar-refractivity contribution in [3.63, 3.8) is 0 Å². The molecule has 3 aromatic rings. The number of halogens is 3. The van der Waals surface area contributed by atoms with Gasteiger partial charge < -0.3 is 9.15 Å². The first-order chi connectivity index (χ1) is 12.4. The molecule has 0 spiro atoms. The highest BCUT2D eigenvalue weighted by molar-refractivity contribution is 5.88. The van der Waals surface area contributed by atoms with Crippen LogP contribution in [0.1, 0.15) is 11.1 Å². The Labute approximate surface area is 145 Å². The number of nitrogens with zero attached hydrogens (tertiary/aromatic N) is 2. The minimum Gasteiger partial charge on any atom is -0.423 e. The second-order valence-electron chi connectivity index (χ2n) is 5.14. The molecule has 0 N–H and O–H groups in total. The van der Waals surface area contributed by atoms with Gasteiger partial charge in [0.1, 0.15) is 5.75 Å². The van der Waals surface area contributed by atoms with Crippen molar-refractivity contribution in [2.24, 2.45) is 0 Å². The van der Waals surface area contributed by atoms with Gasteiger partial charge in [-0.25, -0.2) is 4.79 Å². The van der Waals surface area contributed by atoms with Crippen LogP contribution in [0.25, 0.3) is 17.5 Å². The Hall–Kier alpha value is -3.42. The van der Waals surface area contributed by atoms with E-state index in [2.05, 4.69) is 10.2 Å². The number of hydrogen-bond donors (Lipinski definition) is 0. The van der Waals surface area contributed by atoms with E-state index in [-0.39, 0.29) is 0 Å². The molecule has 0 unspecified atom stereocenters. The van der Waals surface area contributed by atoms with E-state index < -0.39 is 17.7 Å². The highest BCUT2D eigenvalue weighted by Crippen LogP contribution is 2.29. The number of hydrogen-bond acceptors (Lipinski definition) is 5. The van der Waals surface area contributed by atoms with E-state index in [9.17, 15) is 18.0 Å². The van der Waals surface area contributed by atoms with Gasteiger partial charge in [-0.1, -0.05) is 12.1 Å². The fourth-order valence-corrected chi connectivity index (χ4v) is 2.06. The van der Waals surface area contributed by atoms with E-state index in [1.54, 1.807) is 24.3 Å². The van der Waals surface area contributed by atoms with Gasteiger partial charge in [-0.2, -0.15) is 13.2 Å². The summed E-state index contributed by atoms with van der Waals surface area (Å²) in [5.74, 6) is -0.0177. The van der Waals surface area contributed by atoms with Gasteiger partial charge in [0.05, 0.1) is 5.56 Å². The predicted molar refractivity (Wildman–Crippen MR) is 85.8 cm³/mol. The van der Waals surface area contributed by atoms with Gasteiger partial charge in [0, 0.05) is 11.6 Å². The van der Waals surface area contributed by atoms with Crippen molar-refractivity contribution in [3.8, 4) is 17.2 Å². The molecule has 0 aliphatic rings. The Morgan fingerprint density at radius 3 is 2.31 bits per heavy atom. The van der Waals surface area contributed by atoms with Gasteiger partial charge in [0.25, 0.3) is 0 Å². The Bertz CT molecular complexity index is 900. The number of ether oxygens (including phenoxy) is 1. The van der Waals surface area contributed by atoms with Crippen LogP contribution in [0.5, 0.6) is 5.75 Å². The minimum atomic E-state index is -4.39. The number of benzene rings is 2. The summed E-state index contributed by atoms with van der Waals surface area (Å²) in [5, 5.41) is 7.32. The van der Waals surface area contributed by atoms with Gasteiger partial charge in [0.15, 0.2) is 0 Å². The summed E-state index contributed by atoms with van der Waals surface area (Å²) in [6.07, 6.45) is -0.687. The van der Waals surface area contributed by atoms with Crippen molar-refractivity contribution in [3.05, 3.63) is 72.1 Å². The fraction of sp³-hybridized carbons (Fsp3) is 0.0556. The number of aromatic nitrogens is 2. The van der Waals surface area contributed by atoms with E-state index in [1.165, 1.54) is 24.6 Å². The number of esters is 1. The standard InChI is InChI=1S/C18H11F3N2O3/c19-18(20,21)14-6-1-12(2-7-14)3-10-16(24)26-15-8-4-13(5-9-15)17-23-22-11-25-17/h1-11H. The number of carbonyl (C=O) groups is 1. The third-order valence-corrected chi connectivity index (χ3v) is 3.33. The van der Waals surface area contributed by atoms with E-state index in [0.717, 1.165) is 18.2 Å². The van der Waals surface area contributed by atoms with Crippen molar-refractivity contribution >= 4 is 12.0 Å². The van der Waals surface area contributed by atoms with Gasteiger partial charge >= 0.3 is 12.1 Å². The Morgan fingerprint density at radius 2 is 1.73 bits per heavy atom. The third-order valence-electron chi connectivity index (χ3n) is 3.33. The zero-order valence-electron chi connectivity index (χ0n) is 13.1. The third kappa shape index (κ3) is 4.35. The minimum absolute atomic E-state index is 0.301. The molecule has 0 fully saturated rings. The van der Waals surface area contributed by atoms with Gasteiger partial charge in [-0.05, 0) is 48.0 Å². The molecule has 0 saturated heterocycles. The fourth-order valence-electron chi connectivity index (χ4n) is 2.06. The highest BCUT2D eigenvalue weighted by Gasteiger charge is 2.29. The molecule has 0 radical (unpaired) electrons. The molecule has 3 rings (SSSR count). The van der Waals surface area contributed by atoms with Crippen LogP contribution in [0.3, 0.4) is 0 Å². The summed E-state index contributed by atoms with van der Waals surface area (Å²) in [4.78, 5) is 11.8. The molecule has 132 valence electrons. The molecular weight excluding hydrogens is 349 g/mol. The van der Waals surface area contributed by atoms with Crippen LogP contribution in [-0.2, 0) is 11.0 Å². The van der Waals surface area contributed by atoms with Gasteiger partial charge in [-0.15, -0.1) is 10.2 Å².